The lowest BCUT2D eigenvalue weighted by Crippen LogP contribution is -2.32. The fourth-order valence-electron chi connectivity index (χ4n) is 3.46. The van der Waals surface area contributed by atoms with Gasteiger partial charge < -0.3 is 14.6 Å². The SMILES string of the molecule is Cc1ccc(N2C[C@H](C(=O)NCc3ccc(-c4ccco4)nc3)CC2=O)cc1C. The van der Waals surface area contributed by atoms with Gasteiger partial charge in [0.25, 0.3) is 0 Å². The summed E-state index contributed by atoms with van der Waals surface area (Å²) in [6.07, 6.45) is 3.56. The van der Waals surface area contributed by atoms with E-state index < -0.39 is 0 Å². The average molecular weight is 389 g/mol. The van der Waals surface area contributed by atoms with Gasteiger partial charge >= 0.3 is 0 Å². The van der Waals surface area contributed by atoms with E-state index in [2.05, 4.69) is 10.3 Å². The van der Waals surface area contributed by atoms with E-state index in [1.165, 1.54) is 5.56 Å². The first-order chi connectivity index (χ1) is 14.0. The van der Waals surface area contributed by atoms with Crippen molar-refractivity contribution in [3.63, 3.8) is 0 Å². The number of hydrogen-bond donors (Lipinski definition) is 1. The van der Waals surface area contributed by atoms with Gasteiger partial charge in [-0.1, -0.05) is 12.1 Å². The molecule has 148 valence electrons. The Kier molecular flexibility index (Phi) is 5.16. The van der Waals surface area contributed by atoms with Crippen LogP contribution in [0.5, 0.6) is 0 Å². The molecule has 2 amide bonds. The third-order valence-corrected chi connectivity index (χ3v) is 5.36. The standard InChI is InChI=1S/C23H23N3O3/c1-15-5-7-19(10-16(15)2)26-14-18(11-22(26)27)23(28)25-13-17-6-8-20(24-12-17)21-4-3-9-29-21/h3-10,12,18H,11,13-14H2,1-2H3,(H,25,28)/t18-/m1/s1. The van der Waals surface area contributed by atoms with Crippen LogP contribution in [0.4, 0.5) is 5.69 Å². The van der Waals surface area contributed by atoms with Crippen LogP contribution in [0.15, 0.2) is 59.3 Å². The summed E-state index contributed by atoms with van der Waals surface area (Å²) in [5, 5.41) is 2.93. The molecule has 0 spiro atoms. The highest BCUT2D eigenvalue weighted by Crippen LogP contribution is 2.27. The maximum absolute atomic E-state index is 12.6. The maximum atomic E-state index is 12.6. The molecule has 3 heterocycles. The molecule has 3 aromatic rings. The molecule has 1 aromatic carbocycles. The number of carbonyl (C=O) groups is 2. The second-order valence-corrected chi connectivity index (χ2v) is 7.42. The number of aromatic nitrogens is 1. The summed E-state index contributed by atoms with van der Waals surface area (Å²) in [6, 6.07) is 13.4. The highest BCUT2D eigenvalue weighted by atomic mass is 16.3. The first-order valence-electron chi connectivity index (χ1n) is 9.65. The molecule has 0 unspecified atom stereocenters. The molecular weight excluding hydrogens is 366 g/mol. The minimum atomic E-state index is -0.348. The smallest absolute Gasteiger partial charge is 0.227 e. The zero-order chi connectivity index (χ0) is 20.4. The van der Waals surface area contributed by atoms with Crippen LogP contribution < -0.4 is 10.2 Å². The molecule has 1 fully saturated rings. The number of furan rings is 1. The molecule has 1 aliphatic heterocycles. The maximum Gasteiger partial charge on any atom is 0.227 e. The Morgan fingerprint density at radius 1 is 1.21 bits per heavy atom. The second-order valence-electron chi connectivity index (χ2n) is 7.42. The molecule has 0 aliphatic carbocycles. The lowest BCUT2D eigenvalue weighted by atomic mass is 10.1. The average Bonchev–Trinajstić information content (AvgIpc) is 3.39. The van der Waals surface area contributed by atoms with Gasteiger partial charge in [0.1, 0.15) is 5.69 Å². The van der Waals surface area contributed by atoms with E-state index >= 15 is 0 Å². The first-order valence-corrected chi connectivity index (χ1v) is 9.65. The zero-order valence-electron chi connectivity index (χ0n) is 16.5. The normalized spacial score (nSPS) is 16.3. The molecule has 0 radical (unpaired) electrons. The molecule has 0 saturated carbocycles. The predicted octanol–water partition coefficient (Wildman–Crippen LogP) is 3.63. The monoisotopic (exact) mass is 389 g/mol. The summed E-state index contributed by atoms with van der Waals surface area (Å²) >= 11 is 0. The quantitative estimate of drug-likeness (QED) is 0.723. The number of nitrogens with zero attached hydrogens (tertiary/aromatic N) is 2. The Morgan fingerprint density at radius 3 is 2.76 bits per heavy atom. The number of rotatable bonds is 5. The molecule has 6 nitrogen and oxygen atoms in total. The van der Waals surface area contributed by atoms with Crippen LogP contribution in [0.1, 0.15) is 23.1 Å². The minimum Gasteiger partial charge on any atom is -0.463 e. The number of benzene rings is 1. The van der Waals surface area contributed by atoms with E-state index in [9.17, 15) is 9.59 Å². The van der Waals surface area contributed by atoms with Crippen molar-refractivity contribution >= 4 is 17.5 Å². The van der Waals surface area contributed by atoms with Crippen molar-refractivity contribution in [3.05, 3.63) is 71.6 Å². The molecule has 1 aliphatic rings. The van der Waals surface area contributed by atoms with E-state index in [-0.39, 0.29) is 24.2 Å². The van der Waals surface area contributed by atoms with Crippen molar-refractivity contribution in [2.24, 2.45) is 5.92 Å². The number of amides is 2. The van der Waals surface area contributed by atoms with Crippen LogP contribution >= 0.6 is 0 Å². The summed E-state index contributed by atoms with van der Waals surface area (Å²) in [6.45, 7) is 4.84. The van der Waals surface area contributed by atoms with Crippen molar-refractivity contribution in [2.75, 3.05) is 11.4 Å². The van der Waals surface area contributed by atoms with E-state index in [0.29, 0.717) is 18.8 Å². The molecule has 1 atom stereocenters. The van der Waals surface area contributed by atoms with E-state index in [1.807, 2.05) is 56.3 Å². The summed E-state index contributed by atoms with van der Waals surface area (Å²) in [7, 11) is 0. The van der Waals surface area contributed by atoms with E-state index in [4.69, 9.17) is 4.42 Å². The summed E-state index contributed by atoms with van der Waals surface area (Å²) < 4.78 is 5.33. The Balaban J connectivity index is 1.35. The van der Waals surface area contributed by atoms with Gasteiger partial charge in [-0.25, -0.2) is 0 Å². The van der Waals surface area contributed by atoms with Crippen LogP contribution in [0, 0.1) is 19.8 Å². The molecular formula is C23H23N3O3. The molecule has 0 bridgehead atoms. The lowest BCUT2D eigenvalue weighted by molar-refractivity contribution is -0.126. The number of hydrogen-bond acceptors (Lipinski definition) is 4. The van der Waals surface area contributed by atoms with Gasteiger partial charge in [0.05, 0.1) is 12.2 Å². The van der Waals surface area contributed by atoms with Crippen molar-refractivity contribution in [1.82, 2.24) is 10.3 Å². The van der Waals surface area contributed by atoms with Gasteiger partial charge in [-0.15, -0.1) is 0 Å². The van der Waals surface area contributed by atoms with Gasteiger partial charge in [0.15, 0.2) is 5.76 Å². The number of pyridine rings is 1. The van der Waals surface area contributed by atoms with Crippen molar-refractivity contribution < 1.29 is 14.0 Å². The topological polar surface area (TPSA) is 75.4 Å². The van der Waals surface area contributed by atoms with Crippen LogP contribution in [0.2, 0.25) is 0 Å². The third-order valence-electron chi connectivity index (χ3n) is 5.36. The van der Waals surface area contributed by atoms with Gasteiger partial charge in [-0.05, 0) is 60.9 Å². The van der Waals surface area contributed by atoms with Crippen LogP contribution in [-0.4, -0.2) is 23.3 Å². The Bertz CT molecular complexity index is 1030. The molecule has 4 rings (SSSR count). The summed E-state index contributed by atoms with van der Waals surface area (Å²) in [4.78, 5) is 31.1. The van der Waals surface area contributed by atoms with Crippen molar-refractivity contribution in [3.8, 4) is 11.5 Å². The molecule has 1 saturated heterocycles. The summed E-state index contributed by atoms with van der Waals surface area (Å²) in [5.74, 6) is 0.230. The first kappa shape index (κ1) is 18.9. The van der Waals surface area contributed by atoms with Crippen LogP contribution in [0.3, 0.4) is 0 Å². The Morgan fingerprint density at radius 2 is 2.07 bits per heavy atom. The zero-order valence-corrected chi connectivity index (χ0v) is 16.5. The highest BCUT2D eigenvalue weighted by molar-refractivity contribution is 6.00. The molecule has 29 heavy (non-hydrogen) atoms. The Labute approximate surface area is 169 Å². The molecule has 6 heteroatoms. The van der Waals surface area contributed by atoms with E-state index in [1.54, 1.807) is 17.4 Å². The molecule has 1 N–H and O–H groups in total. The van der Waals surface area contributed by atoms with Gasteiger partial charge in [-0.3, -0.25) is 14.6 Å². The van der Waals surface area contributed by atoms with Gasteiger partial charge in [-0.2, -0.15) is 0 Å². The van der Waals surface area contributed by atoms with Crippen molar-refractivity contribution in [1.29, 1.82) is 0 Å². The Hall–Kier alpha value is -3.41. The van der Waals surface area contributed by atoms with Crippen molar-refractivity contribution in [2.45, 2.75) is 26.8 Å². The lowest BCUT2D eigenvalue weighted by Gasteiger charge is -2.18. The number of aryl methyl sites for hydroxylation is 2. The number of nitrogens with one attached hydrogen (secondary N) is 1. The van der Waals surface area contributed by atoms with E-state index in [0.717, 1.165) is 22.5 Å². The predicted molar refractivity (Wildman–Crippen MR) is 110 cm³/mol. The highest BCUT2D eigenvalue weighted by Gasteiger charge is 2.35. The third kappa shape index (κ3) is 4.06. The minimum absolute atomic E-state index is 0.0159. The van der Waals surface area contributed by atoms with Crippen LogP contribution in [-0.2, 0) is 16.1 Å². The summed E-state index contributed by atoms with van der Waals surface area (Å²) in [5.41, 5.74) is 4.81. The largest absolute Gasteiger partial charge is 0.463 e. The van der Waals surface area contributed by atoms with Gasteiger partial charge in [0.2, 0.25) is 11.8 Å². The number of anilines is 1. The fraction of sp³-hybridized carbons (Fsp3) is 0.261. The second kappa shape index (κ2) is 7.91. The number of carbonyl (C=O) groups excluding carboxylic acids is 2. The molecule has 2 aromatic heterocycles. The fourth-order valence-corrected chi connectivity index (χ4v) is 3.46. The van der Waals surface area contributed by atoms with Crippen LogP contribution in [0.25, 0.3) is 11.5 Å². The van der Waals surface area contributed by atoms with Gasteiger partial charge in [0, 0.05) is 31.4 Å².